The zero-order valence-corrected chi connectivity index (χ0v) is 13.4. The second-order valence-corrected chi connectivity index (χ2v) is 6.94. The molecule has 0 unspecified atom stereocenters. The quantitative estimate of drug-likeness (QED) is 0.464. The average molecular weight is 329 g/mol. The summed E-state index contributed by atoms with van der Waals surface area (Å²) in [5, 5.41) is 0. The number of rotatable bonds is 6. The maximum Gasteiger partial charge on any atom is 0.283 e. The molecule has 8 heteroatoms. The molecule has 0 aliphatic heterocycles. The molecular weight excluding hydrogens is 309 g/mol. The number of aliphatic imine (C=N–C) groups is 1. The Morgan fingerprint density at radius 1 is 1.27 bits per heavy atom. The van der Waals surface area contributed by atoms with Crippen molar-refractivity contribution < 1.29 is 17.6 Å². The van der Waals surface area contributed by atoms with Gasteiger partial charge in [0.05, 0.1) is 5.56 Å². The lowest BCUT2D eigenvalue weighted by Gasteiger charge is -2.11. The fourth-order valence-electron chi connectivity index (χ4n) is 2.10. The largest absolute Gasteiger partial charge is 0.370 e. The van der Waals surface area contributed by atoms with E-state index >= 15 is 0 Å². The Morgan fingerprint density at radius 3 is 2.41 bits per heavy atom. The highest BCUT2D eigenvalue weighted by Crippen LogP contribution is 2.25. The summed E-state index contributed by atoms with van der Waals surface area (Å²) < 4.78 is 38.2. The monoisotopic (exact) mass is 329 g/mol. The van der Waals surface area contributed by atoms with Gasteiger partial charge in [-0.1, -0.05) is 25.8 Å². The molecule has 122 valence electrons. The first-order valence-corrected chi connectivity index (χ1v) is 8.73. The molecule has 0 spiro atoms. The van der Waals surface area contributed by atoms with Crippen molar-refractivity contribution in [2.24, 2.45) is 16.5 Å². The Balaban J connectivity index is 3.38. The lowest BCUT2D eigenvalue weighted by Crippen LogP contribution is -2.24. The molecule has 1 amide bonds. The molecule has 0 saturated heterocycles. The summed E-state index contributed by atoms with van der Waals surface area (Å²) in [6.45, 7) is 2.01. The summed E-state index contributed by atoms with van der Waals surface area (Å²) >= 11 is 0. The molecule has 0 aromatic heterocycles. The number of guanidine groups is 1. The number of nitrogens with zero attached hydrogens (tertiary/aromatic N) is 1. The minimum Gasteiger partial charge on any atom is -0.370 e. The highest BCUT2D eigenvalue weighted by molar-refractivity contribution is 7.90. The van der Waals surface area contributed by atoms with Gasteiger partial charge in [0.1, 0.15) is 4.90 Å². The van der Waals surface area contributed by atoms with E-state index < -0.39 is 38.0 Å². The lowest BCUT2D eigenvalue weighted by atomic mass is 10.0. The summed E-state index contributed by atoms with van der Waals surface area (Å²) in [4.78, 5) is 14.5. The van der Waals surface area contributed by atoms with Crippen LogP contribution in [0.25, 0.3) is 0 Å². The van der Waals surface area contributed by atoms with E-state index in [-0.39, 0.29) is 0 Å². The predicted molar refractivity (Wildman–Crippen MR) is 82.9 cm³/mol. The van der Waals surface area contributed by atoms with Crippen molar-refractivity contribution >= 4 is 21.7 Å². The third-order valence-corrected chi connectivity index (χ3v) is 4.24. The number of amides is 1. The second kappa shape index (κ2) is 7.35. The van der Waals surface area contributed by atoms with Gasteiger partial charge in [-0.3, -0.25) is 4.79 Å². The summed E-state index contributed by atoms with van der Waals surface area (Å²) in [6.07, 6.45) is 3.92. The minimum atomic E-state index is -3.82. The molecule has 0 heterocycles. The third kappa shape index (κ3) is 4.52. The molecule has 0 bridgehead atoms. The van der Waals surface area contributed by atoms with Crippen molar-refractivity contribution in [2.75, 3.05) is 6.26 Å². The van der Waals surface area contributed by atoms with E-state index in [1.807, 2.05) is 6.92 Å². The number of carbonyl (C=O) groups excluding carboxylic acids is 1. The first-order chi connectivity index (χ1) is 10.2. The molecule has 0 saturated carbocycles. The third-order valence-electron chi connectivity index (χ3n) is 3.06. The van der Waals surface area contributed by atoms with Gasteiger partial charge in [0.15, 0.2) is 21.6 Å². The zero-order chi connectivity index (χ0) is 16.9. The van der Waals surface area contributed by atoms with Crippen molar-refractivity contribution in [3.05, 3.63) is 29.1 Å². The van der Waals surface area contributed by atoms with Crippen molar-refractivity contribution in [1.82, 2.24) is 0 Å². The van der Waals surface area contributed by atoms with E-state index in [0.717, 1.165) is 25.5 Å². The van der Waals surface area contributed by atoms with E-state index in [9.17, 15) is 17.6 Å². The van der Waals surface area contributed by atoms with Crippen LogP contribution in [0.2, 0.25) is 0 Å². The van der Waals surface area contributed by atoms with Crippen LogP contribution in [0, 0.1) is 5.82 Å². The van der Waals surface area contributed by atoms with E-state index in [1.165, 1.54) is 12.1 Å². The van der Waals surface area contributed by atoms with Crippen LogP contribution in [0.5, 0.6) is 0 Å². The number of hydrogen-bond acceptors (Lipinski definition) is 3. The van der Waals surface area contributed by atoms with Gasteiger partial charge in [0.2, 0.25) is 0 Å². The van der Waals surface area contributed by atoms with Crippen LogP contribution in [0.3, 0.4) is 0 Å². The van der Waals surface area contributed by atoms with Gasteiger partial charge in [0, 0.05) is 6.26 Å². The molecule has 1 rings (SSSR count). The maximum atomic E-state index is 14.5. The van der Waals surface area contributed by atoms with Crippen LogP contribution in [0.4, 0.5) is 4.39 Å². The molecule has 0 radical (unpaired) electrons. The predicted octanol–water partition coefficient (Wildman–Crippen LogP) is 1.38. The molecular formula is C14H20FN3O3S. The van der Waals surface area contributed by atoms with Gasteiger partial charge in [-0.25, -0.2) is 12.8 Å². The zero-order valence-electron chi connectivity index (χ0n) is 12.6. The molecule has 1 aromatic rings. The van der Waals surface area contributed by atoms with Gasteiger partial charge in [-0.2, -0.15) is 4.99 Å². The minimum absolute atomic E-state index is 0.356. The summed E-state index contributed by atoms with van der Waals surface area (Å²) in [7, 11) is -3.82. The Hall–Kier alpha value is -1.96. The van der Waals surface area contributed by atoms with Crippen molar-refractivity contribution in [3.63, 3.8) is 0 Å². The first kappa shape index (κ1) is 18.1. The average Bonchev–Trinajstić information content (AvgIpc) is 2.36. The first-order valence-electron chi connectivity index (χ1n) is 6.83. The second-order valence-electron chi connectivity index (χ2n) is 4.99. The van der Waals surface area contributed by atoms with Crippen molar-refractivity contribution in [2.45, 2.75) is 37.5 Å². The summed E-state index contributed by atoms with van der Waals surface area (Å²) in [5.74, 6) is -2.63. The van der Waals surface area contributed by atoms with Crippen molar-refractivity contribution in [1.29, 1.82) is 0 Å². The number of benzene rings is 1. The molecule has 0 aliphatic rings. The van der Waals surface area contributed by atoms with Crippen molar-refractivity contribution in [3.8, 4) is 0 Å². The standard InChI is InChI=1S/C14H20FN3O3S/c1-3-4-5-6-9-7-8-10(13(19)18-14(16)17)11(15)12(9)22(2,20)21/h7-8H,3-6H2,1-2H3,(H4,16,17,18,19). The number of sulfone groups is 1. The molecule has 0 aliphatic carbocycles. The molecule has 4 N–H and O–H groups in total. The fraction of sp³-hybridized carbons (Fsp3) is 0.429. The normalized spacial score (nSPS) is 11.2. The van der Waals surface area contributed by atoms with Crippen LogP contribution in [0.1, 0.15) is 42.1 Å². The van der Waals surface area contributed by atoms with E-state index in [0.29, 0.717) is 12.0 Å². The number of nitrogens with two attached hydrogens (primary N) is 2. The van der Waals surface area contributed by atoms with E-state index in [1.54, 1.807) is 0 Å². The summed E-state index contributed by atoms with van der Waals surface area (Å²) in [5.41, 5.74) is 10.1. The van der Waals surface area contributed by atoms with Crippen LogP contribution in [0.15, 0.2) is 22.0 Å². The van der Waals surface area contributed by atoms with Gasteiger partial charge >= 0.3 is 0 Å². The molecule has 1 aromatic carbocycles. The highest BCUT2D eigenvalue weighted by atomic mass is 32.2. The Bertz CT molecular complexity index is 696. The van der Waals surface area contributed by atoms with Gasteiger partial charge in [-0.05, 0) is 24.5 Å². The number of halogens is 1. The molecule has 22 heavy (non-hydrogen) atoms. The van der Waals surface area contributed by atoms with Gasteiger partial charge in [0.25, 0.3) is 5.91 Å². The molecule has 0 atom stereocenters. The smallest absolute Gasteiger partial charge is 0.283 e. The van der Waals surface area contributed by atoms with Gasteiger partial charge < -0.3 is 11.5 Å². The van der Waals surface area contributed by atoms with Gasteiger partial charge in [-0.15, -0.1) is 0 Å². The maximum absolute atomic E-state index is 14.5. The van der Waals surface area contributed by atoms with Crippen LogP contribution < -0.4 is 11.5 Å². The van der Waals surface area contributed by atoms with E-state index in [4.69, 9.17) is 11.5 Å². The molecule has 6 nitrogen and oxygen atoms in total. The van der Waals surface area contributed by atoms with Crippen LogP contribution >= 0.6 is 0 Å². The van der Waals surface area contributed by atoms with Crippen LogP contribution in [-0.2, 0) is 16.3 Å². The van der Waals surface area contributed by atoms with Crippen LogP contribution in [-0.4, -0.2) is 26.5 Å². The SMILES string of the molecule is CCCCCc1ccc(C(=O)N=C(N)N)c(F)c1S(C)(=O)=O. The topological polar surface area (TPSA) is 116 Å². The Kier molecular flexibility index (Phi) is 6.04. The molecule has 0 fully saturated rings. The summed E-state index contributed by atoms with van der Waals surface area (Å²) in [6, 6.07) is 2.64. The Labute approximate surface area is 129 Å². The highest BCUT2D eigenvalue weighted by Gasteiger charge is 2.24. The lowest BCUT2D eigenvalue weighted by molar-refractivity contribution is 0.0998. The number of aryl methyl sites for hydroxylation is 1. The number of hydrogen-bond donors (Lipinski definition) is 2. The fourth-order valence-corrected chi connectivity index (χ4v) is 3.18. The number of carbonyl (C=O) groups is 1. The van der Waals surface area contributed by atoms with E-state index in [2.05, 4.69) is 4.99 Å². The number of unbranched alkanes of at least 4 members (excludes halogenated alkanes) is 2. The Morgan fingerprint density at radius 2 is 1.91 bits per heavy atom.